The lowest BCUT2D eigenvalue weighted by molar-refractivity contribution is 0.573. The molecule has 3 rings (SSSR count). The predicted octanol–water partition coefficient (Wildman–Crippen LogP) is 6.44. The zero-order valence-electron chi connectivity index (χ0n) is 13.6. The van der Waals surface area contributed by atoms with Crippen molar-refractivity contribution in [3.8, 4) is 10.6 Å². The van der Waals surface area contributed by atoms with Gasteiger partial charge in [0.25, 0.3) is 0 Å². The van der Waals surface area contributed by atoms with Crippen LogP contribution in [0, 0.1) is 0 Å². The van der Waals surface area contributed by atoms with Crippen molar-refractivity contribution >= 4 is 22.9 Å². The number of halogens is 1. The average molecular weight is 342 g/mol. The van der Waals surface area contributed by atoms with Gasteiger partial charge in [0.1, 0.15) is 5.01 Å². The van der Waals surface area contributed by atoms with Gasteiger partial charge in [-0.1, -0.05) is 75.4 Å². The standard InChI is InChI=1S/C20H20ClNS/c1-20(2,3)17-13-23-19(22-17)16-11-9-15(10-12-16)18(21)14-7-5-4-6-8-14/h4-13,18H,1-3H3. The van der Waals surface area contributed by atoms with Crippen molar-refractivity contribution in [3.63, 3.8) is 0 Å². The fourth-order valence-corrected chi connectivity index (χ4v) is 3.70. The van der Waals surface area contributed by atoms with E-state index in [1.54, 1.807) is 11.3 Å². The second-order valence-corrected chi connectivity index (χ2v) is 7.98. The van der Waals surface area contributed by atoms with E-state index >= 15 is 0 Å². The first-order chi connectivity index (χ1) is 10.9. The molecule has 0 N–H and O–H groups in total. The molecular formula is C20H20ClNS. The lowest BCUT2D eigenvalue weighted by atomic mass is 9.93. The van der Waals surface area contributed by atoms with E-state index in [1.807, 2.05) is 18.2 Å². The summed E-state index contributed by atoms with van der Waals surface area (Å²) in [6.07, 6.45) is 0. The summed E-state index contributed by atoms with van der Waals surface area (Å²) in [4.78, 5) is 4.77. The molecule has 3 heteroatoms. The van der Waals surface area contributed by atoms with E-state index in [0.717, 1.165) is 27.4 Å². The number of benzene rings is 2. The van der Waals surface area contributed by atoms with Gasteiger partial charge in [-0.25, -0.2) is 4.98 Å². The molecule has 1 atom stereocenters. The molecular weight excluding hydrogens is 322 g/mol. The van der Waals surface area contributed by atoms with Crippen molar-refractivity contribution in [2.24, 2.45) is 0 Å². The van der Waals surface area contributed by atoms with Gasteiger partial charge in [0.05, 0.1) is 11.1 Å². The van der Waals surface area contributed by atoms with Crippen LogP contribution in [0.25, 0.3) is 10.6 Å². The quantitative estimate of drug-likeness (QED) is 0.500. The molecule has 0 amide bonds. The Kier molecular flexibility index (Phi) is 4.56. The van der Waals surface area contributed by atoms with Gasteiger partial charge >= 0.3 is 0 Å². The summed E-state index contributed by atoms with van der Waals surface area (Å²) in [5, 5.41) is 3.09. The number of hydrogen-bond acceptors (Lipinski definition) is 2. The Morgan fingerprint density at radius 3 is 2.09 bits per heavy atom. The number of hydrogen-bond donors (Lipinski definition) is 0. The van der Waals surface area contributed by atoms with Crippen molar-refractivity contribution < 1.29 is 0 Å². The van der Waals surface area contributed by atoms with Crippen LogP contribution in [0.5, 0.6) is 0 Å². The van der Waals surface area contributed by atoms with Gasteiger partial charge in [-0.2, -0.15) is 0 Å². The van der Waals surface area contributed by atoms with Gasteiger partial charge in [0, 0.05) is 16.4 Å². The Morgan fingerprint density at radius 2 is 1.52 bits per heavy atom. The molecule has 1 heterocycles. The third-order valence-corrected chi connectivity index (χ3v) is 5.21. The maximum absolute atomic E-state index is 6.58. The van der Waals surface area contributed by atoms with E-state index in [4.69, 9.17) is 16.6 Å². The molecule has 1 aromatic heterocycles. The van der Waals surface area contributed by atoms with Gasteiger partial charge < -0.3 is 0 Å². The van der Waals surface area contributed by atoms with E-state index in [0.29, 0.717) is 0 Å². The van der Waals surface area contributed by atoms with Crippen LogP contribution in [-0.4, -0.2) is 4.98 Å². The largest absolute Gasteiger partial charge is 0.241 e. The molecule has 0 aliphatic carbocycles. The van der Waals surface area contributed by atoms with Crippen LogP contribution in [0.3, 0.4) is 0 Å². The first-order valence-electron chi connectivity index (χ1n) is 7.70. The summed E-state index contributed by atoms with van der Waals surface area (Å²) in [5.41, 5.74) is 4.59. The Morgan fingerprint density at radius 1 is 0.913 bits per heavy atom. The van der Waals surface area contributed by atoms with Crippen molar-refractivity contribution in [1.82, 2.24) is 4.98 Å². The maximum Gasteiger partial charge on any atom is 0.123 e. The zero-order valence-corrected chi connectivity index (χ0v) is 15.2. The van der Waals surface area contributed by atoms with Crippen LogP contribution in [0.1, 0.15) is 43.0 Å². The van der Waals surface area contributed by atoms with Gasteiger partial charge in [0.15, 0.2) is 0 Å². The van der Waals surface area contributed by atoms with Crippen molar-refractivity contribution in [3.05, 3.63) is 76.8 Å². The van der Waals surface area contributed by atoms with Crippen LogP contribution < -0.4 is 0 Å². The molecule has 0 fully saturated rings. The molecule has 0 radical (unpaired) electrons. The fraction of sp³-hybridized carbons (Fsp3) is 0.250. The van der Waals surface area contributed by atoms with Crippen molar-refractivity contribution in [2.75, 3.05) is 0 Å². The Hall–Kier alpha value is -1.64. The van der Waals surface area contributed by atoms with E-state index < -0.39 is 0 Å². The van der Waals surface area contributed by atoms with Gasteiger partial charge in [-0.15, -0.1) is 22.9 Å². The predicted molar refractivity (Wildman–Crippen MR) is 100 cm³/mol. The van der Waals surface area contributed by atoms with Gasteiger partial charge in [0.2, 0.25) is 0 Å². The van der Waals surface area contributed by atoms with Crippen LogP contribution >= 0.6 is 22.9 Å². The van der Waals surface area contributed by atoms with Gasteiger partial charge in [-0.05, 0) is 11.1 Å². The highest BCUT2D eigenvalue weighted by Gasteiger charge is 2.18. The molecule has 0 aliphatic heterocycles. The minimum atomic E-state index is -0.119. The Balaban J connectivity index is 1.84. The highest BCUT2D eigenvalue weighted by Crippen LogP contribution is 2.32. The van der Waals surface area contributed by atoms with Crippen LogP contribution in [-0.2, 0) is 5.41 Å². The third-order valence-electron chi connectivity index (χ3n) is 3.82. The second-order valence-electron chi connectivity index (χ2n) is 6.68. The van der Waals surface area contributed by atoms with Crippen LogP contribution in [0.15, 0.2) is 60.0 Å². The number of rotatable bonds is 3. The first-order valence-corrected chi connectivity index (χ1v) is 9.02. The molecule has 0 saturated carbocycles. The molecule has 118 valence electrons. The molecule has 0 aliphatic rings. The summed E-state index contributed by atoms with van der Waals surface area (Å²) in [6.45, 7) is 6.56. The normalized spacial score (nSPS) is 13.0. The lowest BCUT2D eigenvalue weighted by Crippen LogP contribution is -2.11. The molecule has 23 heavy (non-hydrogen) atoms. The van der Waals surface area contributed by atoms with E-state index in [-0.39, 0.29) is 10.8 Å². The Labute approximate surface area is 147 Å². The first kappa shape index (κ1) is 16.2. The molecule has 1 nitrogen and oxygen atoms in total. The van der Waals surface area contributed by atoms with E-state index in [9.17, 15) is 0 Å². The highest BCUT2D eigenvalue weighted by molar-refractivity contribution is 7.13. The SMILES string of the molecule is CC(C)(C)c1csc(-c2ccc(C(Cl)c3ccccc3)cc2)n1. The van der Waals surface area contributed by atoms with Crippen LogP contribution in [0.2, 0.25) is 0 Å². The smallest absolute Gasteiger partial charge is 0.123 e. The van der Waals surface area contributed by atoms with E-state index in [1.165, 1.54) is 0 Å². The van der Waals surface area contributed by atoms with Crippen LogP contribution in [0.4, 0.5) is 0 Å². The summed E-state index contributed by atoms with van der Waals surface area (Å²) in [5.74, 6) is 0. The van der Waals surface area contributed by atoms with Gasteiger partial charge in [-0.3, -0.25) is 0 Å². The molecule has 0 spiro atoms. The molecule has 3 aromatic rings. The number of alkyl halides is 1. The van der Waals surface area contributed by atoms with Crippen molar-refractivity contribution in [2.45, 2.75) is 31.6 Å². The maximum atomic E-state index is 6.58. The number of aromatic nitrogens is 1. The summed E-state index contributed by atoms with van der Waals surface area (Å²) in [6, 6.07) is 18.6. The molecule has 0 bridgehead atoms. The number of thiazole rings is 1. The highest BCUT2D eigenvalue weighted by atomic mass is 35.5. The average Bonchev–Trinajstić information content (AvgIpc) is 3.05. The lowest BCUT2D eigenvalue weighted by Gasteiger charge is -2.14. The number of nitrogens with zero attached hydrogens (tertiary/aromatic N) is 1. The fourth-order valence-electron chi connectivity index (χ4n) is 2.36. The van der Waals surface area contributed by atoms with E-state index in [2.05, 4.69) is 62.5 Å². The van der Waals surface area contributed by atoms with Crippen molar-refractivity contribution in [1.29, 1.82) is 0 Å². The zero-order chi connectivity index (χ0) is 16.4. The molecule has 2 aromatic carbocycles. The Bertz CT molecular complexity index is 769. The second kappa shape index (κ2) is 6.46. The summed E-state index contributed by atoms with van der Waals surface area (Å²) in [7, 11) is 0. The molecule has 0 saturated heterocycles. The topological polar surface area (TPSA) is 12.9 Å². The minimum Gasteiger partial charge on any atom is -0.241 e. The molecule has 1 unspecified atom stereocenters. The summed E-state index contributed by atoms with van der Waals surface area (Å²) < 4.78 is 0. The third kappa shape index (κ3) is 3.65. The monoisotopic (exact) mass is 341 g/mol. The minimum absolute atomic E-state index is 0.0865. The summed E-state index contributed by atoms with van der Waals surface area (Å²) >= 11 is 8.28.